The van der Waals surface area contributed by atoms with Gasteiger partial charge in [0.25, 0.3) is 0 Å². The average Bonchev–Trinajstić information content (AvgIpc) is 3.46. The number of aliphatic hydroxyl groups excluding tert-OH is 2. The van der Waals surface area contributed by atoms with Crippen LogP contribution in [0.3, 0.4) is 0 Å². The minimum absolute atomic E-state index is 0. The van der Waals surface area contributed by atoms with E-state index in [9.17, 15) is 19.8 Å². The zero-order valence-electron chi connectivity index (χ0n) is 24.7. The minimum Gasteiger partial charge on any atom is -0.393 e. The monoisotopic (exact) mass is 626 g/mol. The Morgan fingerprint density at radius 3 is 2.70 bits per heavy atom. The molecule has 9 atom stereocenters. The first-order valence-corrected chi connectivity index (χ1v) is 15.8. The lowest BCUT2D eigenvalue weighted by Gasteiger charge is -2.59. The fourth-order valence-corrected chi connectivity index (χ4v) is 9.80. The Labute approximate surface area is 264 Å². The zero-order chi connectivity index (χ0) is 29.9. The molecule has 43 heavy (non-hydrogen) atoms. The number of carbonyl (C=O) groups is 2. The van der Waals surface area contributed by atoms with Gasteiger partial charge in [-0.15, -0.1) is 11.8 Å². The molecule has 0 aromatic heterocycles. The number of carbonyl (C=O) groups excluding carboxylic acids is 2. The second-order valence-electron chi connectivity index (χ2n) is 12.8. The quantitative estimate of drug-likeness (QED) is 0.290. The number of nitrogens with two attached hydrogens (primary N) is 1. The van der Waals surface area contributed by atoms with E-state index in [-0.39, 0.29) is 37.0 Å². The zero-order valence-corrected chi connectivity index (χ0v) is 26.5. The van der Waals surface area contributed by atoms with Gasteiger partial charge < -0.3 is 25.4 Å². The van der Waals surface area contributed by atoms with Crippen LogP contribution in [0.5, 0.6) is 0 Å². The van der Waals surface area contributed by atoms with E-state index in [1.807, 2.05) is 37.3 Å². The lowest BCUT2D eigenvalue weighted by molar-refractivity contribution is -0.201. The van der Waals surface area contributed by atoms with E-state index in [4.69, 9.17) is 15.2 Å². The summed E-state index contributed by atoms with van der Waals surface area (Å²) in [5.74, 6) is 0.170. The Hall–Kier alpha value is -2.05. The summed E-state index contributed by atoms with van der Waals surface area (Å²) in [6.45, 7) is 7.06. The maximum atomic E-state index is 13.7. The molecule has 5 aliphatic rings. The molecule has 1 heterocycles. The minimum atomic E-state index is -1.36. The SMILES string of the molecule is C=N/C=C(/Cc1ccc([C@@H]2O[C@@H]3CC4C5CCC6=CC(=O)C=CC6(C)C5C(O)CC4(C)C3(C(=O)CO)O2)cc1)SCN.S. The van der Waals surface area contributed by atoms with Crippen LogP contribution in [0.2, 0.25) is 0 Å². The van der Waals surface area contributed by atoms with Gasteiger partial charge in [-0.2, -0.15) is 13.5 Å². The van der Waals surface area contributed by atoms with Crippen LogP contribution in [0.25, 0.3) is 0 Å². The molecule has 1 aromatic rings. The molecule has 3 saturated carbocycles. The summed E-state index contributed by atoms with van der Waals surface area (Å²) in [4.78, 5) is 30.8. The number of hydrogen-bond acceptors (Lipinski definition) is 9. The van der Waals surface area contributed by atoms with Gasteiger partial charge in [0.2, 0.25) is 0 Å². The van der Waals surface area contributed by atoms with Crippen LogP contribution in [-0.2, 0) is 25.5 Å². The molecular formula is C33H42N2O6S2. The largest absolute Gasteiger partial charge is 0.393 e. The van der Waals surface area contributed by atoms with E-state index < -0.39 is 47.3 Å². The molecule has 10 heteroatoms. The number of rotatable bonds is 8. The van der Waals surface area contributed by atoms with Crippen molar-refractivity contribution >= 4 is 43.5 Å². The van der Waals surface area contributed by atoms with Gasteiger partial charge in [-0.25, -0.2) is 0 Å². The summed E-state index contributed by atoms with van der Waals surface area (Å²) in [5, 5.41) is 22.0. The molecule has 1 saturated heterocycles. The average molecular weight is 627 g/mol. The molecule has 0 spiro atoms. The van der Waals surface area contributed by atoms with Crippen molar-refractivity contribution in [3.8, 4) is 0 Å². The summed E-state index contributed by atoms with van der Waals surface area (Å²) >= 11 is 1.52. The lowest BCUT2D eigenvalue weighted by Crippen LogP contribution is -2.63. The fourth-order valence-electron chi connectivity index (χ4n) is 9.17. The maximum Gasteiger partial charge on any atom is 0.193 e. The van der Waals surface area contributed by atoms with E-state index in [1.54, 1.807) is 18.4 Å². The molecule has 0 radical (unpaired) electrons. The van der Waals surface area contributed by atoms with Gasteiger partial charge in [0.15, 0.2) is 23.5 Å². The second-order valence-corrected chi connectivity index (χ2v) is 14.0. The topological polar surface area (TPSA) is 131 Å². The Morgan fingerprint density at radius 1 is 1.28 bits per heavy atom. The molecule has 4 N–H and O–H groups in total. The molecular weight excluding hydrogens is 585 g/mol. The smallest absolute Gasteiger partial charge is 0.193 e. The summed E-state index contributed by atoms with van der Waals surface area (Å²) in [7, 11) is 0. The van der Waals surface area contributed by atoms with Gasteiger partial charge in [0.1, 0.15) is 6.61 Å². The molecule has 232 valence electrons. The van der Waals surface area contributed by atoms with Crippen molar-refractivity contribution in [2.75, 3.05) is 12.5 Å². The molecule has 6 rings (SSSR count). The maximum absolute atomic E-state index is 13.7. The Bertz CT molecular complexity index is 1380. The van der Waals surface area contributed by atoms with Gasteiger partial charge in [0.05, 0.1) is 12.2 Å². The molecule has 1 aliphatic heterocycles. The van der Waals surface area contributed by atoms with Crippen molar-refractivity contribution in [1.29, 1.82) is 0 Å². The van der Waals surface area contributed by atoms with Gasteiger partial charge in [0, 0.05) is 45.7 Å². The van der Waals surface area contributed by atoms with E-state index in [0.717, 1.165) is 34.4 Å². The first kappa shape index (κ1) is 32.3. The number of aliphatic imine (C=N–C) groups is 1. The number of fused-ring (bicyclic) bond motifs is 7. The third-order valence-corrected chi connectivity index (χ3v) is 11.7. The third-order valence-electron chi connectivity index (χ3n) is 10.9. The first-order valence-electron chi connectivity index (χ1n) is 14.8. The Morgan fingerprint density at radius 2 is 2.02 bits per heavy atom. The number of ether oxygens (including phenoxy) is 2. The third kappa shape index (κ3) is 4.94. The summed E-state index contributed by atoms with van der Waals surface area (Å²) in [6.07, 6.45) is 8.29. The number of ketones is 2. The summed E-state index contributed by atoms with van der Waals surface area (Å²) in [5.41, 5.74) is 6.16. The van der Waals surface area contributed by atoms with Crippen molar-refractivity contribution in [2.45, 2.75) is 70.1 Å². The van der Waals surface area contributed by atoms with Crippen LogP contribution in [0.15, 0.2) is 64.2 Å². The predicted molar refractivity (Wildman–Crippen MR) is 172 cm³/mol. The van der Waals surface area contributed by atoms with Crippen LogP contribution in [0.4, 0.5) is 0 Å². The van der Waals surface area contributed by atoms with Crippen molar-refractivity contribution in [1.82, 2.24) is 0 Å². The van der Waals surface area contributed by atoms with Crippen molar-refractivity contribution < 1.29 is 29.3 Å². The van der Waals surface area contributed by atoms with Crippen LogP contribution < -0.4 is 5.73 Å². The van der Waals surface area contributed by atoms with Crippen molar-refractivity contribution in [2.24, 2.45) is 39.3 Å². The van der Waals surface area contributed by atoms with E-state index in [1.165, 1.54) is 11.8 Å². The molecule has 4 aliphatic carbocycles. The molecule has 1 aromatic carbocycles. The van der Waals surface area contributed by atoms with Crippen molar-refractivity contribution in [3.63, 3.8) is 0 Å². The van der Waals surface area contributed by atoms with Gasteiger partial charge >= 0.3 is 0 Å². The molecule has 0 bridgehead atoms. The van der Waals surface area contributed by atoms with Gasteiger partial charge in [-0.3, -0.25) is 14.6 Å². The first-order chi connectivity index (χ1) is 20.1. The van der Waals surface area contributed by atoms with Gasteiger partial charge in [-0.05, 0) is 62.0 Å². The molecule has 7 unspecified atom stereocenters. The standard InChI is InChI=1S/C33H40N2O6S.H2S/c1-31-11-10-22(37)13-21(31)8-9-24-25-14-28-33(27(39)17-36,32(25,2)15-26(38)29(24)31)41-30(40-28)20-6-4-19(5-7-20)12-23(16-35-3)42-18-34;/h4-7,10-11,13,16,24-26,28-30,36,38H,3,8-9,12,14-15,17-18,34H2,1-2H3;1H2/b23-16-;/t24?,25?,26?,28-,29?,30-,31?,32?,33?;/m1./s1. The Balaban J connectivity index is 0.00000368. The highest BCUT2D eigenvalue weighted by molar-refractivity contribution is 8.03. The normalized spacial score (nSPS) is 39.6. The van der Waals surface area contributed by atoms with E-state index >= 15 is 0 Å². The second kappa shape index (κ2) is 12.0. The van der Waals surface area contributed by atoms with Crippen LogP contribution in [-0.4, -0.2) is 58.8 Å². The van der Waals surface area contributed by atoms with Crippen LogP contribution in [0, 0.1) is 28.6 Å². The fraction of sp³-hybridized carbons (Fsp3) is 0.545. The van der Waals surface area contributed by atoms with Crippen LogP contribution >= 0.6 is 25.3 Å². The number of aliphatic hydroxyl groups is 2. The van der Waals surface area contributed by atoms with E-state index in [2.05, 4.69) is 18.6 Å². The van der Waals surface area contributed by atoms with Crippen molar-refractivity contribution in [3.05, 3.63) is 70.3 Å². The number of Topliss-reactive ketones (excluding diaryl/α,β-unsaturated/α-hetero) is 1. The summed E-state index contributed by atoms with van der Waals surface area (Å²) in [6, 6.07) is 7.89. The highest BCUT2D eigenvalue weighted by atomic mass is 32.2. The van der Waals surface area contributed by atoms with E-state index in [0.29, 0.717) is 25.1 Å². The molecule has 4 fully saturated rings. The lowest BCUT2D eigenvalue weighted by atomic mass is 9.46. The predicted octanol–water partition coefficient (Wildman–Crippen LogP) is 4.14. The number of benzene rings is 1. The highest BCUT2D eigenvalue weighted by Gasteiger charge is 2.75. The number of thioether (sulfide) groups is 1. The molecule has 8 nitrogen and oxygen atoms in total. The van der Waals surface area contributed by atoms with Crippen LogP contribution in [0.1, 0.15) is 56.9 Å². The number of hydrogen-bond donors (Lipinski definition) is 3. The highest BCUT2D eigenvalue weighted by Crippen LogP contribution is 2.70. The summed E-state index contributed by atoms with van der Waals surface area (Å²) < 4.78 is 13.2. The number of nitrogens with zero attached hydrogens (tertiary/aromatic N) is 1. The Kier molecular flexibility index (Phi) is 9.06. The molecule has 0 amide bonds. The van der Waals surface area contributed by atoms with Gasteiger partial charge in [-0.1, -0.05) is 49.8 Å². The number of allylic oxidation sites excluding steroid dienone is 5.